The van der Waals surface area contributed by atoms with Crippen molar-refractivity contribution in [1.29, 1.82) is 0 Å². The average molecular weight is 458 g/mol. The smallest absolute Gasteiger partial charge is 0.408 e. The topological polar surface area (TPSA) is 71.5 Å². The summed E-state index contributed by atoms with van der Waals surface area (Å²) < 4.78 is 6.11. The number of anilines is 1. The van der Waals surface area contributed by atoms with E-state index in [1.807, 2.05) is 47.4 Å². The number of nitrogens with zero attached hydrogens (tertiary/aromatic N) is 2. The number of aromatic nitrogens is 1. The maximum absolute atomic E-state index is 12.6. The number of fused-ring (bicyclic) bond motifs is 1. The van der Waals surface area contributed by atoms with Gasteiger partial charge in [-0.3, -0.25) is 4.79 Å². The molecule has 1 fully saturated rings. The van der Waals surface area contributed by atoms with Crippen LogP contribution >= 0.6 is 15.9 Å². The first kappa shape index (κ1) is 19.9. The summed E-state index contributed by atoms with van der Waals surface area (Å²) in [6.07, 6.45) is 1.72. The van der Waals surface area contributed by atoms with Gasteiger partial charge in [-0.25, -0.2) is 9.78 Å². The molecule has 2 aliphatic rings. The van der Waals surface area contributed by atoms with Crippen LogP contribution in [0.4, 0.5) is 10.5 Å². The Kier molecular flexibility index (Phi) is 5.58. The number of hydrogen-bond donors (Lipinski definition) is 1. The highest BCUT2D eigenvalue weighted by atomic mass is 79.9. The fourth-order valence-electron chi connectivity index (χ4n) is 4.27. The molecule has 1 saturated carbocycles. The molecule has 2 aromatic rings. The van der Waals surface area contributed by atoms with Gasteiger partial charge in [-0.15, -0.1) is 0 Å². The maximum atomic E-state index is 12.6. The van der Waals surface area contributed by atoms with Gasteiger partial charge in [0.25, 0.3) is 0 Å². The van der Waals surface area contributed by atoms with E-state index < -0.39 is 6.09 Å². The first-order valence-corrected chi connectivity index (χ1v) is 10.7. The molecule has 1 N–H and O–H groups in total. The molecule has 0 spiro atoms. The second-order valence-electron chi connectivity index (χ2n) is 7.80. The molecule has 1 aliphatic carbocycles. The lowest BCUT2D eigenvalue weighted by Crippen LogP contribution is -2.53. The molecule has 1 aromatic heterocycles. The second-order valence-corrected chi connectivity index (χ2v) is 8.61. The maximum Gasteiger partial charge on any atom is 0.408 e. The van der Waals surface area contributed by atoms with Gasteiger partial charge in [0.1, 0.15) is 11.2 Å². The second kappa shape index (κ2) is 8.14. The third-order valence-electron chi connectivity index (χ3n) is 5.72. The van der Waals surface area contributed by atoms with Crippen molar-refractivity contribution in [2.45, 2.75) is 45.4 Å². The molecular formula is C22H24BrN3O3. The van der Waals surface area contributed by atoms with E-state index in [2.05, 4.69) is 33.2 Å². The van der Waals surface area contributed by atoms with E-state index in [1.54, 1.807) is 6.92 Å². The van der Waals surface area contributed by atoms with E-state index in [9.17, 15) is 9.59 Å². The normalized spacial score (nSPS) is 23.3. The summed E-state index contributed by atoms with van der Waals surface area (Å²) in [5.41, 5.74) is 2.39. The van der Waals surface area contributed by atoms with Crippen LogP contribution in [0.1, 0.15) is 44.0 Å². The molecule has 3 atom stereocenters. The first-order chi connectivity index (χ1) is 14.0. The Morgan fingerprint density at radius 1 is 1.21 bits per heavy atom. The zero-order valence-electron chi connectivity index (χ0n) is 16.5. The van der Waals surface area contributed by atoms with Crippen molar-refractivity contribution < 1.29 is 14.3 Å². The summed E-state index contributed by atoms with van der Waals surface area (Å²) in [5.74, 6) is 0.476. The number of halogens is 1. The fraction of sp³-hybridized carbons (Fsp3) is 0.409. The number of nitrogens with one attached hydrogen (secondary N) is 1. The van der Waals surface area contributed by atoms with Crippen molar-refractivity contribution in [3.8, 4) is 0 Å². The highest BCUT2D eigenvalue weighted by molar-refractivity contribution is 9.10. The molecule has 6 nitrogen and oxygen atoms in total. The average Bonchev–Trinajstić information content (AvgIpc) is 3.53. The Hall–Kier alpha value is -2.41. The van der Waals surface area contributed by atoms with Crippen LogP contribution in [0, 0.1) is 11.8 Å². The minimum atomic E-state index is -0.482. The molecule has 4 rings (SSSR count). The Morgan fingerprint density at radius 3 is 2.59 bits per heavy atom. The third kappa shape index (κ3) is 4.15. The number of ether oxygens (including phenoxy) is 1. The number of carbonyl (C=O) groups excluding carboxylic acids is 2. The first-order valence-electron chi connectivity index (χ1n) is 9.89. The van der Waals surface area contributed by atoms with E-state index >= 15 is 0 Å². The molecule has 0 saturated heterocycles. The van der Waals surface area contributed by atoms with Crippen molar-refractivity contribution in [3.63, 3.8) is 0 Å². The minimum Gasteiger partial charge on any atom is -0.445 e. The molecule has 2 amide bonds. The van der Waals surface area contributed by atoms with Crippen LogP contribution < -0.4 is 10.2 Å². The van der Waals surface area contributed by atoms with E-state index in [-0.39, 0.29) is 30.5 Å². The Morgan fingerprint density at radius 2 is 1.93 bits per heavy atom. The van der Waals surface area contributed by atoms with Crippen molar-refractivity contribution in [1.82, 2.24) is 10.3 Å². The van der Waals surface area contributed by atoms with Crippen molar-refractivity contribution in [3.05, 3.63) is 58.3 Å². The summed E-state index contributed by atoms with van der Waals surface area (Å²) in [5, 5.41) is 3.01. The van der Waals surface area contributed by atoms with Gasteiger partial charge in [-0.2, -0.15) is 0 Å². The van der Waals surface area contributed by atoms with Gasteiger partial charge in [-0.1, -0.05) is 37.3 Å². The van der Waals surface area contributed by atoms with Crippen LogP contribution in [-0.2, 0) is 16.1 Å². The number of benzene rings is 1. The summed E-state index contributed by atoms with van der Waals surface area (Å²) in [6, 6.07) is 13.0. The van der Waals surface area contributed by atoms with Crippen LogP contribution in [-0.4, -0.2) is 23.0 Å². The zero-order chi connectivity index (χ0) is 20.5. The van der Waals surface area contributed by atoms with E-state index in [1.165, 1.54) is 0 Å². The summed E-state index contributed by atoms with van der Waals surface area (Å²) in [7, 11) is 0. The predicted octanol–water partition coefficient (Wildman–Crippen LogP) is 4.59. The molecule has 2 heterocycles. The Bertz CT molecular complexity index is 917. The summed E-state index contributed by atoms with van der Waals surface area (Å²) in [6.45, 7) is 3.88. The number of rotatable bonds is 4. The van der Waals surface area contributed by atoms with Crippen LogP contribution in [0.15, 0.2) is 47.1 Å². The lowest BCUT2D eigenvalue weighted by atomic mass is 9.82. The molecule has 1 aromatic carbocycles. The number of pyridine rings is 1. The summed E-state index contributed by atoms with van der Waals surface area (Å²) in [4.78, 5) is 31.6. The van der Waals surface area contributed by atoms with Crippen LogP contribution in [0.3, 0.4) is 0 Å². The van der Waals surface area contributed by atoms with Gasteiger partial charge in [0, 0.05) is 18.9 Å². The fourth-order valence-corrected chi connectivity index (χ4v) is 4.59. The van der Waals surface area contributed by atoms with Gasteiger partial charge in [0.05, 0.1) is 17.4 Å². The Labute approximate surface area is 178 Å². The third-order valence-corrected chi connectivity index (χ3v) is 6.16. The quantitative estimate of drug-likeness (QED) is 0.681. The van der Waals surface area contributed by atoms with Crippen molar-refractivity contribution in [2.24, 2.45) is 11.8 Å². The standard InChI is InChI=1S/C22H24BrN3O3/c1-13-19(25-22(28)29-12-15-6-4-3-5-7-15)20-17(10-11-18(23)24-20)26(14(2)27)21(13)16-8-9-16/h3-7,10-11,13,16,19,21H,8-9,12H2,1-2H3,(H,25,28)/t13-,19?,21-/m1/s1. The molecule has 152 valence electrons. The number of alkyl carbamates (subject to hydrolysis) is 1. The van der Waals surface area contributed by atoms with Crippen LogP contribution in [0.5, 0.6) is 0 Å². The molecule has 29 heavy (non-hydrogen) atoms. The van der Waals surface area contributed by atoms with Crippen LogP contribution in [0.2, 0.25) is 0 Å². The highest BCUT2D eigenvalue weighted by Gasteiger charge is 2.48. The van der Waals surface area contributed by atoms with Gasteiger partial charge in [0.2, 0.25) is 5.91 Å². The predicted molar refractivity (Wildman–Crippen MR) is 113 cm³/mol. The van der Waals surface area contributed by atoms with Crippen LogP contribution in [0.25, 0.3) is 0 Å². The highest BCUT2D eigenvalue weighted by Crippen LogP contribution is 2.48. The molecule has 1 aliphatic heterocycles. The molecule has 0 bridgehead atoms. The zero-order valence-corrected chi connectivity index (χ0v) is 18.1. The number of hydrogen-bond acceptors (Lipinski definition) is 4. The van der Waals surface area contributed by atoms with Gasteiger partial charge >= 0.3 is 6.09 Å². The SMILES string of the molecule is CC(=O)N1c2ccc(Br)nc2C(NC(=O)OCc2ccccc2)[C@@H](C)[C@@H]1C1CC1. The van der Waals surface area contributed by atoms with Gasteiger partial charge < -0.3 is 15.0 Å². The Balaban J connectivity index is 1.59. The lowest BCUT2D eigenvalue weighted by molar-refractivity contribution is -0.117. The van der Waals surface area contributed by atoms with E-state index in [0.29, 0.717) is 16.2 Å². The van der Waals surface area contributed by atoms with E-state index in [0.717, 1.165) is 24.1 Å². The van der Waals surface area contributed by atoms with Crippen molar-refractivity contribution >= 4 is 33.6 Å². The molecular weight excluding hydrogens is 434 g/mol. The number of amides is 2. The van der Waals surface area contributed by atoms with E-state index in [4.69, 9.17) is 4.74 Å². The lowest BCUT2D eigenvalue weighted by Gasteiger charge is -2.44. The summed E-state index contributed by atoms with van der Waals surface area (Å²) >= 11 is 3.42. The van der Waals surface area contributed by atoms with Crippen molar-refractivity contribution in [2.75, 3.05) is 4.90 Å². The molecule has 0 radical (unpaired) electrons. The minimum absolute atomic E-state index is 0.00391. The van der Waals surface area contributed by atoms with Gasteiger partial charge in [-0.05, 0) is 52.4 Å². The monoisotopic (exact) mass is 457 g/mol. The number of carbonyl (C=O) groups is 2. The molecule has 1 unspecified atom stereocenters. The van der Waals surface area contributed by atoms with Gasteiger partial charge in [0.15, 0.2) is 0 Å². The molecule has 7 heteroatoms. The largest absolute Gasteiger partial charge is 0.445 e.